The van der Waals surface area contributed by atoms with E-state index in [9.17, 15) is 9.18 Å². The summed E-state index contributed by atoms with van der Waals surface area (Å²) in [5.74, 6) is -0.120. The summed E-state index contributed by atoms with van der Waals surface area (Å²) in [6.07, 6.45) is 5.18. The van der Waals surface area contributed by atoms with Gasteiger partial charge in [-0.05, 0) is 49.2 Å². The molecule has 1 N–H and O–H groups in total. The van der Waals surface area contributed by atoms with E-state index in [1.807, 2.05) is 23.1 Å². The van der Waals surface area contributed by atoms with Gasteiger partial charge in [0.05, 0.1) is 0 Å². The van der Waals surface area contributed by atoms with E-state index in [0.717, 1.165) is 30.6 Å². The molecule has 2 heterocycles. The third-order valence-electron chi connectivity index (χ3n) is 4.59. The predicted octanol–water partition coefficient (Wildman–Crippen LogP) is 2.93. The van der Waals surface area contributed by atoms with Crippen molar-refractivity contribution in [2.45, 2.75) is 38.3 Å². The average Bonchev–Trinajstić information content (AvgIpc) is 3.14. The van der Waals surface area contributed by atoms with E-state index >= 15 is 0 Å². The lowest BCUT2D eigenvalue weighted by Gasteiger charge is -2.24. The summed E-state index contributed by atoms with van der Waals surface area (Å²) in [4.78, 5) is 19.0. The Morgan fingerprint density at radius 1 is 1.24 bits per heavy atom. The van der Waals surface area contributed by atoms with Gasteiger partial charge in [0, 0.05) is 43.9 Å². The molecule has 132 valence electrons. The van der Waals surface area contributed by atoms with Crippen LogP contribution in [0.4, 0.5) is 4.39 Å². The van der Waals surface area contributed by atoms with Crippen molar-refractivity contribution in [3.8, 4) is 0 Å². The summed E-state index contributed by atoms with van der Waals surface area (Å²) < 4.78 is 13.1. The maximum absolute atomic E-state index is 13.1. The highest BCUT2D eigenvalue weighted by molar-refractivity contribution is 5.77. The molecule has 0 bridgehead atoms. The number of nitrogens with one attached hydrogen (secondary N) is 1. The average molecular weight is 341 g/mol. The van der Waals surface area contributed by atoms with Crippen LogP contribution in [0.15, 0.2) is 48.7 Å². The van der Waals surface area contributed by atoms with Crippen LogP contribution in [0.1, 0.15) is 30.5 Å². The normalized spacial score (nSPS) is 16.8. The van der Waals surface area contributed by atoms with E-state index in [1.165, 1.54) is 12.1 Å². The van der Waals surface area contributed by atoms with Crippen LogP contribution in [0.5, 0.6) is 0 Å². The Bertz CT molecular complexity index is 669. The summed E-state index contributed by atoms with van der Waals surface area (Å²) in [6, 6.07) is 12.4. The molecular formula is C20H24FN3O. The highest BCUT2D eigenvalue weighted by Crippen LogP contribution is 2.14. The number of aromatic nitrogens is 1. The Morgan fingerprint density at radius 2 is 2.08 bits per heavy atom. The van der Waals surface area contributed by atoms with Crippen molar-refractivity contribution in [2.24, 2.45) is 0 Å². The van der Waals surface area contributed by atoms with Gasteiger partial charge >= 0.3 is 0 Å². The molecule has 2 aromatic rings. The second-order valence-corrected chi connectivity index (χ2v) is 6.51. The smallest absolute Gasteiger partial charge is 0.224 e. The first-order chi connectivity index (χ1) is 12.2. The van der Waals surface area contributed by atoms with Crippen LogP contribution in [0.3, 0.4) is 0 Å². The Labute approximate surface area is 148 Å². The van der Waals surface area contributed by atoms with Crippen molar-refractivity contribution in [1.29, 1.82) is 0 Å². The molecule has 0 aliphatic carbocycles. The Morgan fingerprint density at radius 3 is 2.76 bits per heavy atom. The number of benzene rings is 1. The van der Waals surface area contributed by atoms with Crippen molar-refractivity contribution in [3.63, 3.8) is 0 Å². The molecular weight excluding hydrogens is 317 g/mol. The zero-order valence-electron chi connectivity index (χ0n) is 14.3. The monoisotopic (exact) mass is 341 g/mol. The minimum atomic E-state index is -0.259. The Balaban J connectivity index is 1.65. The highest BCUT2D eigenvalue weighted by atomic mass is 19.1. The lowest BCUT2D eigenvalue weighted by Crippen LogP contribution is -2.37. The molecule has 1 atom stereocenters. The van der Waals surface area contributed by atoms with E-state index in [0.29, 0.717) is 25.9 Å². The van der Waals surface area contributed by atoms with Gasteiger partial charge in [-0.2, -0.15) is 0 Å². The Kier molecular flexibility index (Phi) is 6.12. The molecule has 0 spiro atoms. The fraction of sp³-hybridized carbons (Fsp3) is 0.400. The number of carbonyl (C=O) groups excluding carboxylic acids is 1. The second-order valence-electron chi connectivity index (χ2n) is 6.51. The quantitative estimate of drug-likeness (QED) is 0.842. The fourth-order valence-corrected chi connectivity index (χ4v) is 3.17. The molecule has 1 amide bonds. The minimum absolute atomic E-state index is 0.139. The number of carbonyl (C=O) groups is 1. The van der Waals surface area contributed by atoms with Crippen molar-refractivity contribution < 1.29 is 9.18 Å². The summed E-state index contributed by atoms with van der Waals surface area (Å²) in [5, 5.41) is 3.38. The van der Waals surface area contributed by atoms with E-state index in [2.05, 4.69) is 10.3 Å². The van der Waals surface area contributed by atoms with Crippen molar-refractivity contribution in [2.75, 3.05) is 13.1 Å². The lowest BCUT2D eigenvalue weighted by atomic mass is 10.1. The molecule has 1 aliphatic heterocycles. The molecule has 5 heteroatoms. The van der Waals surface area contributed by atoms with Gasteiger partial charge in [-0.1, -0.05) is 18.2 Å². The molecule has 3 rings (SSSR count). The van der Waals surface area contributed by atoms with Crippen LogP contribution in [0, 0.1) is 5.82 Å². The molecule has 1 saturated heterocycles. The number of pyridine rings is 1. The molecule has 0 radical (unpaired) electrons. The molecule has 4 nitrogen and oxygen atoms in total. The van der Waals surface area contributed by atoms with Crippen LogP contribution in [0.25, 0.3) is 0 Å². The number of hydrogen-bond acceptors (Lipinski definition) is 3. The molecule has 1 fully saturated rings. The summed E-state index contributed by atoms with van der Waals surface area (Å²) in [7, 11) is 0. The molecule has 1 aromatic carbocycles. The van der Waals surface area contributed by atoms with Crippen LogP contribution >= 0.6 is 0 Å². The standard InChI is InChI=1S/C20H24FN3O/c21-17-8-6-16(7-9-17)15-24(13-10-18-4-1-2-11-22-18)20(25)14-19-5-3-12-23-19/h1-2,4,6-9,11,19,23H,3,5,10,12-15H2. The van der Waals surface area contributed by atoms with Crippen molar-refractivity contribution in [3.05, 3.63) is 65.7 Å². The van der Waals surface area contributed by atoms with Crippen LogP contribution in [-0.4, -0.2) is 34.9 Å². The fourth-order valence-electron chi connectivity index (χ4n) is 3.17. The van der Waals surface area contributed by atoms with E-state index in [-0.39, 0.29) is 17.8 Å². The first kappa shape index (κ1) is 17.5. The van der Waals surface area contributed by atoms with Crippen molar-refractivity contribution >= 4 is 5.91 Å². The topological polar surface area (TPSA) is 45.2 Å². The van der Waals surface area contributed by atoms with Gasteiger partial charge in [0.1, 0.15) is 5.82 Å². The minimum Gasteiger partial charge on any atom is -0.338 e. The highest BCUT2D eigenvalue weighted by Gasteiger charge is 2.22. The van der Waals surface area contributed by atoms with Gasteiger partial charge < -0.3 is 10.2 Å². The third-order valence-corrected chi connectivity index (χ3v) is 4.59. The Hall–Kier alpha value is -2.27. The van der Waals surface area contributed by atoms with Gasteiger partial charge in [0.15, 0.2) is 0 Å². The maximum atomic E-state index is 13.1. The van der Waals surface area contributed by atoms with Crippen LogP contribution in [0.2, 0.25) is 0 Å². The van der Waals surface area contributed by atoms with Gasteiger partial charge in [-0.15, -0.1) is 0 Å². The number of rotatable bonds is 7. The summed E-state index contributed by atoms with van der Waals surface area (Å²) >= 11 is 0. The number of halogens is 1. The van der Waals surface area contributed by atoms with Gasteiger partial charge in [-0.25, -0.2) is 4.39 Å². The molecule has 25 heavy (non-hydrogen) atoms. The first-order valence-electron chi connectivity index (χ1n) is 8.86. The third kappa shape index (κ3) is 5.36. The maximum Gasteiger partial charge on any atom is 0.224 e. The number of amides is 1. The van der Waals surface area contributed by atoms with Gasteiger partial charge in [0.25, 0.3) is 0 Å². The van der Waals surface area contributed by atoms with Gasteiger partial charge in [-0.3, -0.25) is 9.78 Å². The SMILES string of the molecule is O=C(CC1CCCN1)N(CCc1ccccn1)Cc1ccc(F)cc1. The second kappa shape index (κ2) is 8.72. The summed E-state index contributed by atoms with van der Waals surface area (Å²) in [6.45, 7) is 2.10. The largest absolute Gasteiger partial charge is 0.338 e. The molecule has 1 aromatic heterocycles. The molecule has 0 saturated carbocycles. The predicted molar refractivity (Wildman–Crippen MR) is 95.4 cm³/mol. The van der Waals surface area contributed by atoms with Crippen LogP contribution < -0.4 is 5.32 Å². The summed E-state index contributed by atoms with van der Waals surface area (Å²) in [5.41, 5.74) is 1.91. The van der Waals surface area contributed by atoms with E-state index in [4.69, 9.17) is 0 Å². The van der Waals surface area contributed by atoms with Gasteiger partial charge in [0.2, 0.25) is 5.91 Å². The van der Waals surface area contributed by atoms with E-state index < -0.39 is 0 Å². The lowest BCUT2D eigenvalue weighted by molar-refractivity contribution is -0.132. The van der Waals surface area contributed by atoms with Crippen molar-refractivity contribution in [1.82, 2.24) is 15.2 Å². The molecule has 1 aliphatic rings. The van der Waals surface area contributed by atoms with E-state index in [1.54, 1.807) is 18.3 Å². The first-order valence-corrected chi connectivity index (χ1v) is 8.86. The zero-order valence-corrected chi connectivity index (χ0v) is 14.3. The number of nitrogens with zero attached hydrogens (tertiary/aromatic N) is 2. The number of hydrogen-bond donors (Lipinski definition) is 1. The molecule has 1 unspecified atom stereocenters. The zero-order chi connectivity index (χ0) is 17.5. The van der Waals surface area contributed by atoms with Crippen LogP contribution in [-0.2, 0) is 17.8 Å².